The molecule has 0 fully saturated rings. The maximum absolute atomic E-state index is 14.2. The van der Waals surface area contributed by atoms with Crippen LogP contribution in [-0.4, -0.2) is 32.4 Å². The number of alkyl halides is 3. The Hall–Kier alpha value is -3.34. The fourth-order valence-corrected chi connectivity index (χ4v) is 2.78. The van der Waals surface area contributed by atoms with Crippen molar-refractivity contribution in [2.45, 2.75) is 25.2 Å². The molecular formula is C19H15F5N4O2. The van der Waals surface area contributed by atoms with E-state index >= 15 is 0 Å². The molecule has 0 saturated heterocycles. The summed E-state index contributed by atoms with van der Waals surface area (Å²) in [6.07, 6.45) is -6.63. The number of carbonyl (C=O) groups excluding carboxylic acids is 1. The second kappa shape index (κ2) is 8.19. The van der Waals surface area contributed by atoms with Gasteiger partial charge in [-0.1, -0.05) is 0 Å². The van der Waals surface area contributed by atoms with E-state index in [4.69, 9.17) is 0 Å². The van der Waals surface area contributed by atoms with Crippen LogP contribution in [0.2, 0.25) is 0 Å². The Morgan fingerprint density at radius 1 is 1.17 bits per heavy atom. The van der Waals surface area contributed by atoms with Crippen molar-refractivity contribution in [3.63, 3.8) is 0 Å². The first-order valence-corrected chi connectivity index (χ1v) is 8.58. The maximum atomic E-state index is 14.2. The second-order valence-electron chi connectivity index (χ2n) is 6.48. The van der Waals surface area contributed by atoms with Crippen LogP contribution in [0.25, 0.3) is 11.1 Å². The molecule has 0 saturated carbocycles. The standard InChI is InChI=1S/C19H15F5N4O2/c1-9(17-25-8-26-28-17)27-18(30)12-5-10(14-3-2-13(20)7-15(14)21)4-11(6-12)16(29)19(22,23)24/h2-9,16,29H,1H3,(H,27,30)(H,25,26,28)/t9-,16?/m1/s1. The lowest BCUT2D eigenvalue weighted by molar-refractivity contribution is -0.206. The fourth-order valence-electron chi connectivity index (χ4n) is 2.78. The van der Waals surface area contributed by atoms with E-state index < -0.39 is 41.4 Å². The number of nitrogens with zero attached hydrogens (tertiary/aromatic N) is 2. The van der Waals surface area contributed by atoms with E-state index in [0.29, 0.717) is 11.9 Å². The normalized spacial score (nSPS) is 13.7. The van der Waals surface area contributed by atoms with Crippen LogP contribution in [0.5, 0.6) is 0 Å². The third kappa shape index (κ3) is 4.62. The lowest BCUT2D eigenvalue weighted by Crippen LogP contribution is -2.28. The summed E-state index contributed by atoms with van der Waals surface area (Å²) in [6.45, 7) is 1.56. The van der Waals surface area contributed by atoms with E-state index in [1.165, 1.54) is 6.33 Å². The molecule has 2 atom stereocenters. The predicted octanol–water partition coefficient (Wildman–Crippen LogP) is 3.84. The van der Waals surface area contributed by atoms with Gasteiger partial charge in [-0.15, -0.1) is 10.2 Å². The average Bonchev–Trinajstić information content (AvgIpc) is 3.21. The summed E-state index contributed by atoms with van der Waals surface area (Å²) < 4.78 is 66.5. The molecular weight excluding hydrogens is 411 g/mol. The molecule has 3 N–H and O–H groups in total. The SMILES string of the molecule is C[C@@H](NC(=O)c1cc(-c2ccc(F)cc2F)cc(C(O)C(F)(F)F)c1)c1nnc[nH]1. The minimum absolute atomic E-state index is 0.134. The number of aromatic amines is 1. The molecule has 0 aliphatic carbocycles. The number of rotatable bonds is 5. The van der Waals surface area contributed by atoms with Gasteiger partial charge in [0.2, 0.25) is 0 Å². The van der Waals surface area contributed by atoms with Crippen molar-refractivity contribution in [3.05, 3.63) is 71.3 Å². The molecule has 0 radical (unpaired) electrons. The summed E-state index contributed by atoms with van der Waals surface area (Å²) in [7, 11) is 0. The number of aromatic nitrogens is 3. The summed E-state index contributed by atoms with van der Waals surface area (Å²) in [4.78, 5) is 15.3. The smallest absolute Gasteiger partial charge is 0.379 e. The molecule has 30 heavy (non-hydrogen) atoms. The number of carbonyl (C=O) groups is 1. The Labute approximate surface area is 166 Å². The van der Waals surface area contributed by atoms with Crippen molar-refractivity contribution in [1.82, 2.24) is 20.5 Å². The van der Waals surface area contributed by atoms with Crippen LogP contribution >= 0.6 is 0 Å². The van der Waals surface area contributed by atoms with Gasteiger partial charge < -0.3 is 15.4 Å². The van der Waals surface area contributed by atoms with Gasteiger partial charge in [-0.25, -0.2) is 8.78 Å². The second-order valence-corrected chi connectivity index (χ2v) is 6.48. The van der Waals surface area contributed by atoms with Crippen LogP contribution in [0.1, 0.15) is 40.8 Å². The summed E-state index contributed by atoms with van der Waals surface area (Å²) in [5.74, 6) is -2.39. The van der Waals surface area contributed by atoms with Crippen LogP contribution < -0.4 is 5.32 Å². The Morgan fingerprint density at radius 2 is 1.90 bits per heavy atom. The molecule has 1 amide bonds. The molecule has 11 heteroatoms. The third-order valence-corrected chi connectivity index (χ3v) is 4.28. The molecule has 1 aromatic heterocycles. The molecule has 2 aromatic carbocycles. The summed E-state index contributed by atoms with van der Waals surface area (Å²) in [5.41, 5.74) is -1.29. The van der Waals surface area contributed by atoms with Crippen molar-refractivity contribution in [1.29, 1.82) is 0 Å². The van der Waals surface area contributed by atoms with Gasteiger partial charge in [-0.3, -0.25) is 4.79 Å². The van der Waals surface area contributed by atoms with Crippen molar-refractivity contribution in [2.24, 2.45) is 0 Å². The van der Waals surface area contributed by atoms with E-state index in [1.54, 1.807) is 6.92 Å². The molecule has 158 valence electrons. The van der Waals surface area contributed by atoms with E-state index in [-0.39, 0.29) is 16.7 Å². The maximum Gasteiger partial charge on any atom is 0.418 e. The molecule has 6 nitrogen and oxygen atoms in total. The van der Waals surface area contributed by atoms with Crippen molar-refractivity contribution < 1.29 is 31.9 Å². The van der Waals surface area contributed by atoms with E-state index in [9.17, 15) is 31.9 Å². The van der Waals surface area contributed by atoms with Crippen molar-refractivity contribution in [3.8, 4) is 11.1 Å². The first-order valence-electron chi connectivity index (χ1n) is 8.58. The minimum atomic E-state index is -5.01. The van der Waals surface area contributed by atoms with Gasteiger partial charge in [0.05, 0.1) is 6.04 Å². The number of nitrogens with one attached hydrogen (secondary N) is 2. The number of aliphatic hydroxyl groups is 1. The van der Waals surface area contributed by atoms with Gasteiger partial charge in [0.1, 0.15) is 18.0 Å². The number of halogens is 5. The van der Waals surface area contributed by atoms with Crippen LogP contribution in [0, 0.1) is 11.6 Å². The number of aliphatic hydroxyl groups excluding tert-OH is 1. The Bertz CT molecular complexity index is 1050. The highest BCUT2D eigenvalue weighted by molar-refractivity contribution is 5.96. The summed E-state index contributed by atoms with van der Waals surface area (Å²) in [6, 6.07) is 4.75. The molecule has 3 aromatic rings. The predicted molar refractivity (Wildman–Crippen MR) is 95.1 cm³/mol. The average molecular weight is 426 g/mol. The molecule has 1 heterocycles. The number of amides is 1. The number of H-pyrrole nitrogens is 1. The highest BCUT2D eigenvalue weighted by Gasteiger charge is 2.40. The molecule has 1 unspecified atom stereocenters. The van der Waals surface area contributed by atoms with Gasteiger partial charge in [0.25, 0.3) is 5.91 Å². The molecule has 0 aliphatic rings. The molecule has 3 rings (SSSR count). The summed E-state index contributed by atoms with van der Waals surface area (Å²) in [5, 5.41) is 19.5. The molecule has 0 spiro atoms. The summed E-state index contributed by atoms with van der Waals surface area (Å²) >= 11 is 0. The highest BCUT2D eigenvalue weighted by Crippen LogP contribution is 2.35. The van der Waals surface area contributed by atoms with Gasteiger partial charge in [0, 0.05) is 17.2 Å². The lowest BCUT2D eigenvalue weighted by Gasteiger charge is -2.18. The van der Waals surface area contributed by atoms with Crippen LogP contribution in [0.4, 0.5) is 22.0 Å². The zero-order valence-electron chi connectivity index (χ0n) is 15.3. The third-order valence-electron chi connectivity index (χ3n) is 4.28. The van der Waals surface area contributed by atoms with Crippen molar-refractivity contribution in [2.75, 3.05) is 0 Å². The topological polar surface area (TPSA) is 90.9 Å². The minimum Gasteiger partial charge on any atom is -0.379 e. The highest BCUT2D eigenvalue weighted by atomic mass is 19.4. The fraction of sp³-hybridized carbons (Fsp3) is 0.211. The quantitative estimate of drug-likeness (QED) is 0.541. The largest absolute Gasteiger partial charge is 0.418 e. The molecule has 0 aliphatic heterocycles. The van der Waals surface area contributed by atoms with Crippen molar-refractivity contribution >= 4 is 5.91 Å². The van der Waals surface area contributed by atoms with Gasteiger partial charge in [-0.2, -0.15) is 13.2 Å². The first kappa shape index (κ1) is 21.4. The number of benzene rings is 2. The van der Waals surface area contributed by atoms with Gasteiger partial charge in [-0.05, 0) is 48.4 Å². The number of hydrogen-bond donors (Lipinski definition) is 3. The lowest BCUT2D eigenvalue weighted by atomic mass is 9.96. The van der Waals surface area contributed by atoms with Crippen LogP contribution in [0.3, 0.4) is 0 Å². The monoisotopic (exact) mass is 426 g/mol. The number of hydrogen-bond acceptors (Lipinski definition) is 4. The van der Waals surface area contributed by atoms with E-state index in [0.717, 1.165) is 30.3 Å². The Morgan fingerprint density at radius 3 is 2.50 bits per heavy atom. The molecule has 0 bridgehead atoms. The Balaban J connectivity index is 2.04. The Kier molecular flexibility index (Phi) is 5.83. The zero-order valence-corrected chi connectivity index (χ0v) is 15.3. The van der Waals surface area contributed by atoms with Gasteiger partial charge >= 0.3 is 6.18 Å². The zero-order chi connectivity index (χ0) is 22.1. The first-order chi connectivity index (χ1) is 14.1. The van der Waals surface area contributed by atoms with E-state index in [2.05, 4.69) is 20.5 Å². The van der Waals surface area contributed by atoms with Gasteiger partial charge in [0.15, 0.2) is 11.9 Å². The van der Waals surface area contributed by atoms with Crippen LogP contribution in [-0.2, 0) is 0 Å². The van der Waals surface area contributed by atoms with Crippen LogP contribution in [0.15, 0.2) is 42.7 Å². The van der Waals surface area contributed by atoms with E-state index in [1.807, 2.05) is 0 Å².